The zero-order valence-electron chi connectivity index (χ0n) is 18.1. The van der Waals surface area contributed by atoms with Gasteiger partial charge in [-0.3, -0.25) is 19.4 Å². The maximum Gasteiger partial charge on any atom is 0.233 e. The van der Waals surface area contributed by atoms with Gasteiger partial charge in [-0.2, -0.15) is 0 Å². The second kappa shape index (κ2) is 6.34. The molecule has 0 saturated carbocycles. The Kier molecular flexibility index (Phi) is 3.68. The molecule has 7 nitrogen and oxygen atoms in total. The summed E-state index contributed by atoms with van der Waals surface area (Å²) in [5.41, 5.74) is -4.12. The van der Waals surface area contributed by atoms with Gasteiger partial charge in [0, 0.05) is 27.6 Å². The fourth-order valence-electron chi connectivity index (χ4n) is 5.99. The summed E-state index contributed by atoms with van der Waals surface area (Å²) in [6, 6.07) is 22.8. The van der Waals surface area contributed by atoms with Crippen molar-refractivity contribution in [3.05, 3.63) is 113 Å². The van der Waals surface area contributed by atoms with Gasteiger partial charge in [0.05, 0.1) is 17.1 Å². The maximum absolute atomic E-state index is 13.9. The summed E-state index contributed by atoms with van der Waals surface area (Å²) in [7, 11) is 0. The zero-order chi connectivity index (χ0) is 24.2. The summed E-state index contributed by atoms with van der Waals surface area (Å²) in [5.74, 6) is -6.51. The van der Waals surface area contributed by atoms with Crippen LogP contribution < -0.4 is 0 Å². The van der Waals surface area contributed by atoms with Crippen molar-refractivity contribution in [3.63, 3.8) is 0 Å². The van der Waals surface area contributed by atoms with Crippen molar-refractivity contribution in [2.45, 2.75) is 22.9 Å². The molecule has 0 unspecified atom stereocenters. The first-order valence-corrected chi connectivity index (χ1v) is 11.2. The molecule has 1 aliphatic heterocycles. The number of fused-ring (bicyclic) bond motifs is 5. The van der Waals surface area contributed by atoms with Crippen LogP contribution in [0.4, 0.5) is 0 Å². The van der Waals surface area contributed by atoms with E-state index < -0.39 is 40.3 Å². The van der Waals surface area contributed by atoms with Gasteiger partial charge in [0.2, 0.25) is 28.7 Å². The highest BCUT2D eigenvalue weighted by molar-refractivity contribution is 6.34. The van der Waals surface area contributed by atoms with Crippen molar-refractivity contribution in [2.24, 2.45) is 0 Å². The van der Waals surface area contributed by atoms with Crippen molar-refractivity contribution in [2.75, 3.05) is 0 Å². The largest absolute Gasteiger partial charge is 0.376 e. The van der Waals surface area contributed by atoms with Crippen LogP contribution in [-0.4, -0.2) is 43.7 Å². The molecule has 35 heavy (non-hydrogen) atoms. The first-order valence-electron chi connectivity index (χ1n) is 11.2. The molecule has 1 aromatic heterocycles. The first-order chi connectivity index (χ1) is 16.8. The predicted octanol–water partition coefficient (Wildman–Crippen LogP) is 2.94. The number of aliphatic hydroxyl groups is 2. The van der Waals surface area contributed by atoms with E-state index in [2.05, 4.69) is 4.98 Å². The summed E-state index contributed by atoms with van der Waals surface area (Å²) in [6.45, 7) is 0. The fraction of sp³-hybridized carbons (Fsp3) is 0.143. The quantitative estimate of drug-likeness (QED) is 0.417. The standard InChI is InChI=1S/C28H17NO6/c30-23-16-8-2-3-9-17(16)24(31)26(23)22(21-14-13-15-7-1-6-12-20(15)29-21)27(33)25(32)18-10-4-5-11-19(18)28(27,34)35-26/h1-14,22,33-34H/t22-,27-,28+/m0/s1. The minimum atomic E-state index is -2.67. The normalized spacial score (nSPS) is 27.9. The van der Waals surface area contributed by atoms with E-state index >= 15 is 0 Å². The summed E-state index contributed by atoms with van der Waals surface area (Å²) < 4.78 is 6.05. The molecule has 3 aliphatic rings. The Labute approximate surface area is 198 Å². The Morgan fingerprint density at radius 1 is 0.686 bits per heavy atom. The molecule has 1 saturated heterocycles. The third kappa shape index (κ3) is 2.13. The molecule has 0 radical (unpaired) electrons. The van der Waals surface area contributed by atoms with Crippen molar-refractivity contribution in [1.82, 2.24) is 4.98 Å². The lowest BCUT2D eigenvalue weighted by atomic mass is 9.70. The Morgan fingerprint density at radius 2 is 1.29 bits per heavy atom. The monoisotopic (exact) mass is 463 g/mol. The van der Waals surface area contributed by atoms with Gasteiger partial charge >= 0.3 is 0 Å². The van der Waals surface area contributed by atoms with Crippen molar-refractivity contribution in [1.29, 1.82) is 0 Å². The number of para-hydroxylation sites is 1. The van der Waals surface area contributed by atoms with Crippen LogP contribution in [0.2, 0.25) is 0 Å². The molecular formula is C28H17NO6. The molecule has 0 amide bonds. The van der Waals surface area contributed by atoms with E-state index in [-0.39, 0.29) is 27.9 Å². The average Bonchev–Trinajstić information content (AvgIpc) is 3.31. The Morgan fingerprint density at radius 3 is 2.00 bits per heavy atom. The molecule has 3 atom stereocenters. The van der Waals surface area contributed by atoms with Crippen LogP contribution in [0.15, 0.2) is 84.9 Å². The number of carbonyl (C=O) groups excluding carboxylic acids is 3. The molecule has 2 aliphatic carbocycles. The van der Waals surface area contributed by atoms with E-state index in [1.165, 1.54) is 24.3 Å². The number of ketones is 3. The van der Waals surface area contributed by atoms with Crippen molar-refractivity contribution < 1.29 is 29.3 Å². The van der Waals surface area contributed by atoms with Crippen molar-refractivity contribution >= 4 is 28.3 Å². The van der Waals surface area contributed by atoms with E-state index in [0.717, 1.165) is 5.39 Å². The lowest BCUT2D eigenvalue weighted by Crippen LogP contribution is -2.54. The molecule has 4 aromatic rings. The van der Waals surface area contributed by atoms with Crippen LogP contribution in [0.5, 0.6) is 0 Å². The lowest BCUT2D eigenvalue weighted by molar-refractivity contribution is -0.255. The number of hydrogen-bond donors (Lipinski definition) is 2. The second-order valence-electron chi connectivity index (χ2n) is 9.19. The Bertz CT molecular complexity index is 1610. The number of hydrogen-bond acceptors (Lipinski definition) is 7. The van der Waals surface area contributed by atoms with Gasteiger partial charge in [0.15, 0.2) is 5.60 Å². The third-order valence-electron chi connectivity index (χ3n) is 7.54. The van der Waals surface area contributed by atoms with Gasteiger partial charge in [0.1, 0.15) is 0 Å². The molecule has 7 rings (SSSR count). The summed E-state index contributed by atoms with van der Waals surface area (Å²) in [5, 5.41) is 24.8. The topological polar surface area (TPSA) is 114 Å². The van der Waals surface area contributed by atoms with Crippen LogP contribution in [0.3, 0.4) is 0 Å². The van der Waals surface area contributed by atoms with Gasteiger partial charge in [0.25, 0.3) is 0 Å². The second-order valence-corrected chi connectivity index (χ2v) is 9.19. The summed E-state index contributed by atoms with van der Waals surface area (Å²) in [6.07, 6.45) is 0. The van der Waals surface area contributed by atoms with Crippen LogP contribution in [0.25, 0.3) is 10.9 Å². The fourth-order valence-corrected chi connectivity index (χ4v) is 5.99. The minimum Gasteiger partial charge on any atom is -0.376 e. The zero-order valence-corrected chi connectivity index (χ0v) is 18.1. The number of ether oxygens (including phenoxy) is 1. The van der Waals surface area contributed by atoms with Crippen LogP contribution in [-0.2, 0) is 10.5 Å². The van der Waals surface area contributed by atoms with Gasteiger partial charge in [-0.15, -0.1) is 0 Å². The molecule has 2 heterocycles. The lowest BCUT2D eigenvalue weighted by Gasteiger charge is -2.32. The van der Waals surface area contributed by atoms with E-state index in [1.54, 1.807) is 48.5 Å². The molecule has 7 heteroatoms. The van der Waals surface area contributed by atoms with Gasteiger partial charge in [-0.25, -0.2) is 0 Å². The van der Waals surface area contributed by atoms with E-state index in [0.29, 0.717) is 5.52 Å². The maximum atomic E-state index is 13.9. The van der Waals surface area contributed by atoms with Crippen molar-refractivity contribution in [3.8, 4) is 0 Å². The number of aromatic nitrogens is 1. The van der Waals surface area contributed by atoms with Gasteiger partial charge in [-0.05, 0) is 12.1 Å². The SMILES string of the molecule is O=C1c2ccccc2C(=O)C12O[C@]1(O)c3ccccc3C(=O)[C@@]1(O)[C@H]2c1ccc2ccccc2n1. The molecular weight excluding hydrogens is 446 g/mol. The van der Waals surface area contributed by atoms with E-state index in [9.17, 15) is 24.6 Å². The van der Waals surface area contributed by atoms with Gasteiger partial charge in [-0.1, -0.05) is 72.8 Å². The number of rotatable bonds is 1. The number of pyridine rings is 1. The highest BCUT2D eigenvalue weighted by Gasteiger charge is 2.83. The molecule has 170 valence electrons. The highest BCUT2D eigenvalue weighted by Crippen LogP contribution is 2.65. The number of carbonyl (C=O) groups is 3. The number of benzene rings is 3. The van der Waals surface area contributed by atoms with E-state index in [1.807, 2.05) is 12.1 Å². The van der Waals surface area contributed by atoms with Crippen LogP contribution >= 0.6 is 0 Å². The Hall–Kier alpha value is -4.04. The van der Waals surface area contributed by atoms with Crippen LogP contribution in [0, 0.1) is 0 Å². The molecule has 1 spiro atoms. The first kappa shape index (κ1) is 20.3. The molecule has 0 bridgehead atoms. The van der Waals surface area contributed by atoms with E-state index in [4.69, 9.17) is 4.74 Å². The third-order valence-corrected chi connectivity index (χ3v) is 7.54. The Balaban J connectivity index is 1.57. The number of nitrogens with zero attached hydrogens (tertiary/aromatic N) is 1. The number of Topliss-reactive ketones (excluding diaryl/α,β-unsaturated/α-hetero) is 3. The average molecular weight is 463 g/mol. The van der Waals surface area contributed by atoms with Gasteiger partial charge < -0.3 is 14.9 Å². The smallest absolute Gasteiger partial charge is 0.233 e. The summed E-state index contributed by atoms with van der Waals surface area (Å²) >= 11 is 0. The molecule has 2 N–H and O–H groups in total. The van der Waals surface area contributed by atoms with Crippen LogP contribution in [0.1, 0.15) is 48.2 Å². The molecule has 1 fully saturated rings. The molecule has 3 aromatic carbocycles. The summed E-state index contributed by atoms with van der Waals surface area (Å²) in [4.78, 5) is 46.2. The minimum absolute atomic E-state index is 0.00622. The predicted molar refractivity (Wildman–Crippen MR) is 123 cm³/mol. The highest BCUT2D eigenvalue weighted by atomic mass is 16.7.